The topological polar surface area (TPSA) is 76.0 Å². The number of aromatic hydroxyl groups is 2. The van der Waals surface area contributed by atoms with Crippen LogP contribution in [0.15, 0.2) is 0 Å². The van der Waals surface area contributed by atoms with Gasteiger partial charge in [-0.25, -0.2) is 0 Å². The van der Waals surface area contributed by atoms with E-state index in [1.807, 2.05) is 13.8 Å². The third-order valence-electron chi connectivity index (χ3n) is 5.16. The number of Topliss-reactive ketones (excluding diaryl/α,β-unsaturated/α-hetero) is 1. The molecule has 2 aliphatic heterocycles. The minimum absolute atomic E-state index is 0.0233. The van der Waals surface area contributed by atoms with E-state index in [9.17, 15) is 15.0 Å². The molecule has 0 radical (unpaired) electrons. The summed E-state index contributed by atoms with van der Waals surface area (Å²) in [7, 11) is 0. The maximum absolute atomic E-state index is 12.8. The van der Waals surface area contributed by atoms with E-state index in [0.717, 1.165) is 25.7 Å². The van der Waals surface area contributed by atoms with Crippen LogP contribution in [0.5, 0.6) is 17.2 Å². The summed E-state index contributed by atoms with van der Waals surface area (Å²) in [6.45, 7) is 8.09. The zero-order valence-electron chi connectivity index (χ0n) is 15.5. The molecule has 0 saturated carbocycles. The van der Waals surface area contributed by atoms with Crippen LogP contribution in [0.2, 0.25) is 0 Å². The second-order valence-corrected chi connectivity index (χ2v) is 8.03. The van der Waals surface area contributed by atoms with Crippen molar-refractivity contribution in [3.63, 3.8) is 0 Å². The van der Waals surface area contributed by atoms with Gasteiger partial charge in [0.15, 0.2) is 5.78 Å². The van der Waals surface area contributed by atoms with Gasteiger partial charge in [0.2, 0.25) is 0 Å². The fourth-order valence-corrected chi connectivity index (χ4v) is 3.66. The van der Waals surface area contributed by atoms with Crippen molar-refractivity contribution in [2.24, 2.45) is 5.92 Å². The third-order valence-corrected chi connectivity index (χ3v) is 5.16. The molecular weight excluding hydrogens is 320 g/mol. The maximum Gasteiger partial charge on any atom is 0.172 e. The van der Waals surface area contributed by atoms with Crippen molar-refractivity contribution >= 4 is 5.78 Å². The highest BCUT2D eigenvalue weighted by Crippen LogP contribution is 2.51. The highest BCUT2D eigenvalue weighted by molar-refractivity contribution is 6.04. The van der Waals surface area contributed by atoms with E-state index < -0.39 is 5.60 Å². The Balaban J connectivity index is 2.22. The van der Waals surface area contributed by atoms with E-state index in [1.54, 1.807) is 13.8 Å². The molecule has 0 aliphatic carbocycles. The van der Waals surface area contributed by atoms with Crippen LogP contribution in [-0.4, -0.2) is 28.2 Å². The van der Waals surface area contributed by atoms with Gasteiger partial charge in [0.05, 0.1) is 11.7 Å². The normalized spacial score (nSPS) is 22.4. The number of hydrogen-bond acceptors (Lipinski definition) is 5. The van der Waals surface area contributed by atoms with Gasteiger partial charge in [-0.2, -0.15) is 0 Å². The van der Waals surface area contributed by atoms with Crippen molar-refractivity contribution in [1.29, 1.82) is 0 Å². The molecule has 5 nitrogen and oxygen atoms in total. The molecule has 1 aromatic rings. The van der Waals surface area contributed by atoms with Crippen LogP contribution in [0, 0.1) is 5.92 Å². The molecule has 2 aliphatic rings. The maximum atomic E-state index is 12.8. The first-order valence-electron chi connectivity index (χ1n) is 9.18. The molecule has 1 unspecified atom stereocenters. The van der Waals surface area contributed by atoms with Crippen LogP contribution in [0.4, 0.5) is 0 Å². The Hall–Kier alpha value is -1.75. The summed E-state index contributed by atoms with van der Waals surface area (Å²) in [6, 6.07) is 0. The fraction of sp³-hybridized carbons (Fsp3) is 0.650. The monoisotopic (exact) mass is 348 g/mol. The Morgan fingerprint density at radius 1 is 1.20 bits per heavy atom. The Morgan fingerprint density at radius 3 is 2.52 bits per heavy atom. The number of carbonyl (C=O) groups excluding carboxylic acids is 1. The quantitative estimate of drug-likeness (QED) is 0.797. The summed E-state index contributed by atoms with van der Waals surface area (Å²) < 4.78 is 11.8. The molecule has 0 spiro atoms. The highest BCUT2D eigenvalue weighted by atomic mass is 16.5. The van der Waals surface area contributed by atoms with Crippen LogP contribution in [0.3, 0.4) is 0 Å². The first-order chi connectivity index (χ1) is 11.7. The van der Waals surface area contributed by atoms with Gasteiger partial charge in [-0.3, -0.25) is 4.79 Å². The standard InChI is InChI=1S/C20H28O5/c1-11(2)16(21)15-18(23)14(13-7-5-6-10-24-13)17(22)12-8-9-20(3,4)25-19(12)15/h11,13,22-23H,5-10H2,1-4H3. The Kier molecular flexibility index (Phi) is 4.71. The molecular formula is C20H28O5. The lowest BCUT2D eigenvalue weighted by Gasteiger charge is -2.36. The van der Waals surface area contributed by atoms with Crippen LogP contribution in [-0.2, 0) is 11.2 Å². The molecule has 2 heterocycles. The van der Waals surface area contributed by atoms with Gasteiger partial charge < -0.3 is 19.7 Å². The lowest BCUT2D eigenvalue weighted by molar-refractivity contribution is 0.0117. The predicted octanol–water partition coefficient (Wildman–Crippen LogP) is 4.28. The van der Waals surface area contributed by atoms with Gasteiger partial charge in [0.1, 0.15) is 28.4 Å². The van der Waals surface area contributed by atoms with E-state index >= 15 is 0 Å². The number of hydrogen-bond donors (Lipinski definition) is 2. The second kappa shape index (κ2) is 6.52. The molecule has 0 amide bonds. The van der Waals surface area contributed by atoms with Crippen molar-refractivity contribution in [2.45, 2.75) is 71.5 Å². The van der Waals surface area contributed by atoms with E-state index in [-0.39, 0.29) is 34.9 Å². The number of phenolic OH excluding ortho intramolecular Hbond substituents is 2. The van der Waals surface area contributed by atoms with E-state index in [1.165, 1.54) is 0 Å². The van der Waals surface area contributed by atoms with Crippen molar-refractivity contribution in [3.8, 4) is 17.2 Å². The number of fused-ring (bicyclic) bond motifs is 1. The number of phenols is 2. The minimum Gasteiger partial charge on any atom is -0.507 e. The van der Waals surface area contributed by atoms with Crippen molar-refractivity contribution in [2.75, 3.05) is 6.61 Å². The van der Waals surface area contributed by atoms with Gasteiger partial charge in [-0.1, -0.05) is 13.8 Å². The molecule has 1 saturated heterocycles. The SMILES string of the molecule is CC(C)C(=O)c1c(O)c(C2CCCCO2)c(O)c2c1OC(C)(C)CC2. The summed E-state index contributed by atoms with van der Waals surface area (Å²) in [5.74, 6) is -0.281. The van der Waals surface area contributed by atoms with Crippen LogP contribution in [0.1, 0.15) is 81.0 Å². The Bertz CT molecular complexity index is 684. The average Bonchev–Trinajstić information content (AvgIpc) is 2.54. The molecule has 25 heavy (non-hydrogen) atoms. The fourth-order valence-electron chi connectivity index (χ4n) is 3.66. The van der Waals surface area contributed by atoms with E-state index in [0.29, 0.717) is 29.9 Å². The molecule has 0 aromatic heterocycles. The summed E-state index contributed by atoms with van der Waals surface area (Å²) in [4.78, 5) is 12.8. The summed E-state index contributed by atoms with van der Waals surface area (Å²) in [5, 5.41) is 21.8. The van der Waals surface area contributed by atoms with E-state index in [4.69, 9.17) is 9.47 Å². The number of ketones is 1. The molecule has 1 fully saturated rings. The summed E-state index contributed by atoms with van der Waals surface area (Å²) in [5.41, 5.74) is 0.719. The second-order valence-electron chi connectivity index (χ2n) is 8.03. The molecule has 138 valence electrons. The van der Waals surface area contributed by atoms with E-state index in [2.05, 4.69) is 0 Å². The first-order valence-corrected chi connectivity index (χ1v) is 9.18. The average molecular weight is 348 g/mol. The summed E-state index contributed by atoms with van der Waals surface area (Å²) >= 11 is 0. The lowest BCUT2D eigenvalue weighted by Crippen LogP contribution is -2.34. The van der Waals surface area contributed by atoms with Gasteiger partial charge in [0, 0.05) is 18.1 Å². The minimum atomic E-state index is -0.444. The number of ether oxygens (including phenoxy) is 2. The lowest BCUT2D eigenvalue weighted by atomic mass is 9.85. The predicted molar refractivity (Wildman–Crippen MR) is 94.5 cm³/mol. The molecule has 1 atom stereocenters. The molecule has 0 bridgehead atoms. The van der Waals surface area contributed by atoms with Crippen molar-refractivity contribution < 1.29 is 24.5 Å². The molecule has 5 heteroatoms. The van der Waals surface area contributed by atoms with Crippen molar-refractivity contribution in [3.05, 3.63) is 16.7 Å². The zero-order valence-corrected chi connectivity index (χ0v) is 15.5. The number of benzene rings is 1. The highest BCUT2D eigenvalue weighted by Gasteiger charge is 2.38. The zero-order chi connectivity index (χ0) is 18.4. The van der Waals surface area contributed by atoms with Crippen LogP contribution in [0.25, 0.3) is 0 Å². The molecule has 2 N–H and O–H groups in total. The van der Waals surface area contributed by atoms with Gasteiger partial charge in [0.25, 0.3) is 0 Å². The van der Waals surface area contributed by atoms with Crippen LogP contribution < -0.4 is 4.74 Å². The first kappa shape index (κ1) is 18.1. The molecule has 3 rings (SSSR count). The van der Waals surface area contributed by atoms with Crippen LogP contribution >= 0.6 is 0 Å². The number of rotatable bonds is 3. The Morgan fingerprint density at radius 2 is 1.92 bits per heavy atom. The smallest absolute Gasteiger partial charge is 0.172 e. The van der Waals surface area contributed by atoms with Gasteiger partial charge in [-0.05, 0) is 46.0 Å². The van der Waals surface area contributed by atoms with Gasteiger partial charge >= 0.3 is 0 Å². The Labute approximate surface area is 149 Å². The number of carbonyl (C=O) groups is 1. The molecule has 1 aromatic carbocycles. The third kappa shape index (κ3) is 3.22. The largest absolute Gasteiger partial charge is 0.507 e. The van der Waals surface area contributed by atoms with Crippen molar-refractivity contribution in [1.82, 2.24) is 0 Å². The summed E-state index contributed by atoms with van der Waals surface area (Å²) in [6.07, 6.45) is 3.62. The van der Waals surface area contributed by atoms with Gasteiger partial charge in [-0.15, -0.1) is 0 Å².